The highest BCUT2D eigenvalue weighted by molar-refractivity contribution is 5.94. The van der Waals surface area contributed by atoms with Crippen molar-refractivity contribution in [2.45, 2.75) is 19.6 Å². The first-order chi connectivity index (χ1) is 7.02. The van der Waals surface area contributed by atoms with E-state index in [1.165, 1.54) is 6.92 Å². The van der Waals surface area contributed by atoms with E-state index in [2.05, 4.69) is 5.32 Å². The quantitative estimate of drug-likeness (QED) is 0.528. The molecule has 0 heterocycles. The van der Waals surface area contributed by atoms with Gasteiger partial charge in [0.2, 0.25) is 0 Å². The molecule has 0 saturated heterocycles. The number of nitrogens with two attached hydrogens (primary N) is 2. The molecule has 0 spiro atoms. The van der Waals surface area contributed by atoms with Crippen molar-refractivity contribution in [3.05, 3.63) is 23.8 Å². The molecule has 1 atom stereocenters. The van der Waals surface area contributed by atoms with Crippen LogP contribution in [0.25, 0.3) is 0 Å². The first-order valence-corrected chi connectivity index (χ1v) is 4.61. The molecule has 1 amide bonds. The third kappa shape index (κ3) is 3.23. The summed E-state index contributed by atoms with van der Waals surface area (Å²) in [5, 5.41) is 11.5. The predicted octanol–water partition coefficient (Wildman–Crippen LogP) is 0.0468. The molecular weight excluding hydrogens is 194 g/mol. The van der Waals surface area contributed by atoms with Crippen LogP contribution in [0.5, 0.6) is 0 Å². The molecule has 0 aliphatic rings. The second kappa shape index (κ2) is 4.77. The van der Waals surface area contributed by atoms with E-state index in [1.54, 1.807) is 18.2 Å². The standard InChI is InChI=1S/C10H15N3O2/c1-6(14)10(15)13-9-3-7(5-11)2-8(12)4-9/h2-4,6,14H,5,11-12H2,1H3,(H,13,15)/t6-/m0/s1. The van der Waals surface area contributed by atoms with Crippen molar-refractivity contribution in [1.29, 1.82) is 0 Å². The van der Waals surface area contributed by atoms with E-state index in [-0.39, 0.29) is 0 Å². The average Bonchev–Trinajstić information content (AvgIpc) is 2.16. The summed E-state index contributed by atoms with van der Waals surface area (Å²) < 4.78 is 0. The van der Waals surface area contributed by atoms with Gasteiger partial charge < -0.3 is 21.9 Å². The number of nitrogen functional groups attached to an aromatic ring is 1. The summed E-state index contributed by atoms with van der Waals surface area (Å²) in [6.45, 7) is 1.74. The van der Waals surface area contributed by atoms with Crippen LogP contribution in [0.2, 0.25) is 0 Å². The number of benzene rings is 1. The fourth-order valence-corrected chi connectivity index (χ4v) is 1.16. The van der Waals surface area contributed by atoms with Crippen molar-refractivity contribution < 1.29 is 9.90 Å². The minimum Gasteiger partial charge on any atom is -0.399 e. The molecule has 1 rings (SSSR count). The number of aliphatic hydroxyl groups is 1. The van der Waals surface area contributed by atoms with Crippen molar-refractivity contribution in [2.24, 2.45) is 5.73 Å². The zero-order valence-electron chi connectivity index (χ0n) is 8.53. The van der Waals surface area contributed by atoms with Crippen LogP contribution in [-0.4, -0.2) is 17.1 Å². The molecule has 0 bridgehead atoms. The minimum absolute atomic E-state index is 0.350. The number of rotatable bonds is 3. The molecular formula is C10H15N3O2. The zero-order chi connectivity index (χ0) is 11.4. The van der Waals surface area contributed by atoms with Crippen molar-refractivity contribution in [2.75, 3.05) is 11.1 Å². The second-order valence-corrected chi connectivity index (χ2v) is 3.33. The van der Waals surface area contributed by atoms with Gasteiger partial charge in [0.05, 0.1) is 0 Å². The van der Waals surface area contributed by atoms with E-state index in [1.807, 2.05) is 0 Å². The molecule has 15 heavy (non-hydrogen) atoms. The number of nitrogens with one attached hydrogen (secondary N) is 1. The molecule has 0 unspecified atom stereocenters. The van der Waals surface area contributed by atoms with E-state index < -0.39 is 12.0 Å². The Bertz CT molecular complexity index is 364. The maximum absolute atomic E-state index is 11.2. The van der Waals surface area contributed by atoms with Gasteiger partial charge in [-0.1, -0.05) is 0 Å². The van der Waals surface area contributed by atoms with Gasteiger partial charge in [0.15, 0.2) is 0 Å². The van der Waals surface area contributed by atoms with Crippen LogP contribution in [0.4, 0.5) is 11.4 Å². The number of anilines is 2. The Labute approximate surface area is 88.1 Å². The zero-order valence-corrected chi connectivity index (χ0v) is 8.53. The van der Waals surface area contributed by atoms with Crippen LogP contribution in [0.1, 0.15) is 12.5 Å². The first-order valence-electron chi connectivity index (χ1n) is 4.61. The SMILES string of the molecule is C[C@H](O)C(=O)Nc1cc(N)cc(CN)c1. The maximum Gasteiger partial charge on any atom is 0.252 e. The molecule has 0 aliphatic heterocycles. The molecule has 0 radical (unpaired) electrons. The summed E-state index contributed by atoms with van der Waals surface area (Å²) in [5.41, 5.74) is 13.0. The van der Waals surface area contributed by atoms with Crippen molar-refractivity contribution in [3.8, 4) is 0 Å². The Hall–Kier alpha value is -1.59. The maximum atomic E-state index is 11.2. The highest BCUT2D eigenvalue weighted by Gasteiger charge is 2.09. The fourth-order valence-electron chi connectivity index (χ4n) is 1.16. The van der Waals surface area contributed by atoms with Gasteiger partial charge in [0.25, 0.3) is 5.91 Å². The molecule has 5 heteroatoms. The smallest absolute Gasteiger partial charge is 0.252 e. The molecule has 5 nitrogen and oxygen atoms in total. The molecule has 82 valence electrons. The van der Waals surface area contributed by atoms with Gasteiger partial charge in [-0.05, 0) is 30.7 Å². The molecule has 1 aromatic rings. The van der Waals surface area contributed by atoms with Crippen molar-refractivity contribution in [1.82, 2.24) is 0 Å². The van der Waals surface area contributed by atoms with E-state index in [0.29, 0.717) is 17.9 Å². The Morgan fingerprint density at radius 2 is 2.20 bits per heavy atom. The van der Waals surface area contributed by atoms with Crippen LogP contribution in [-0.2, 0) is 11.3 Å². The Morgan fingerprint density at radius 1 is 1.53 bits per heavy atom. The predicted molar refractivity (Wildman–Crippen MR) is 59.1 cm³/mol. The lowest BCUT2D eigenvalue weighted by Crippen LogP contribution is -2.24. The molecule has 6 N–H and O–H groups in total. The summed E-state index contributed by atoms with van der Waals surface area (Å²) >= 11 is 0. The third-order valence-corrected chi connectivity index (χ3v) is 1.90. The normalized spacial score (nSPS) is 12.2. The van der Waals surface area contributed by atoms with Crippen LogP contribution < -0.4 is 16.8 Å². The van der Waals surface area contributed by atoms with Crippen LogP contribution in [0.3, 0.4) is 0 Å². The van der Waals surface area contributed by atoms with Crippen LogP contribution in [0, 0.1) is 0 Å². The van der Waals surface area contributed by atoms with E-state index in [0.717, 1.165) is 5.56 Å². The molecule has 0 saturated carbocycles. The third-order valence-electron chi connectivity index (χ3n) is 1.90. The van der Waals surface area contributed by atoms with E-state index in [9.17, 15) is 4.79 Å². The van der Waals surface area contributed by atoms with Crippen molar-refractivity contribution >= 4 is 17.3 Å². The summed E-state index contributed by atoms with van der Waals surface area (Å²) in [6, 6.07) is 5.06. The van der Waals surface area contributed by atoms with Gasteiger partial charge in [-0.15, -0.1) is 0 Å². The fraction of sp³-hybridized carbons (Fsp3) is 0.300. The molecule has 0 fully saturated rings. The Balaban J connectivity index is 2.85. The number of hydrogen-bond acceptors (Lipinski definition) is 4. The van der Waals surface area contributed by atoms with Gasteiger partial charge in [-0.2, -0.15) is 0 Å². The highest BCUT2D eigenvalue weighted by Crippen LogP contribution is 2.16. The van der Waals surface area contributed by atoms with Gasteiger partial charge >= 0.3 is 0 Å². The van der Waals surface area contributed by atoms with Gasteiger partial charge in [0.1, 0.15) is 6.10 Å². The van der Waals surface area contributed by atoms with Gasteiger partial charge in [0, 0.05) is 17.9 Å². The number of carbonyl (C=O) groups excluding carboxylic acids is 1. The number of carbonyl (C=O) groups is 1. The van der Waals surface area contributed by atoms with Gasteiger partial charge in [-0.3, -0.25) is 4.79 Å². The first kappa shape index (κ1) is 11.5. The Kier molecular flexibility index (Phi) is 3.65. The topological polar surface area (TPSA) is 101 Å². The van der Waals surface area contributed by atoms with E-state index >= 15 is 0 Å². The molecule has 0 aliphatic carbocycles. The minimum atomic E-state index is -1.05. The number of amides is 1. The lowest BCUT2D eigenvalue weighted by molar-refractivity contribution is -0.123. The summed E-state index contributed by atoms with van der Waals surface area (Å²) in [6.07, 6.45) is -1.05. The van der Waals surface area contributed by atoms with Crippen LogP contribution in [0.15, 0.2) is 18.2 Å². The number of hydrogen-bond donors (Lipinski definition) is 4. The van der Waals surface area contributed by atoms with Crippen LogP contribution >= 0.6 is 0 Å². The monoisotopic (exact) mass is 209 g/mol. The summed E-state index contributed by atoms with van der Waals surface area (Å²) in [5.74, 6) is -0.469. The average molecular weight is 209 g/mol. The Morgan fingerprint density at radius 3 is 2.73 bits per heavy atom. The van der Waals surface area contributed by atoms with E-state index in [4.69, 9.17) is 16.6 Å². The molecule has 0 aromatic heterocycles. The molecule has 1 aromatic carbocycles. The second-order valence-electron chi connectivity index (χ2n) is 3.33. The number of aliphatic hydroxyl groups excluding tert-OH is 1. The van der Waals surface area contributed by atoms with Gasteiger partial charge in [-0.25, -0.2) is 0 Å². The highest BCUT2D eigenvalue weighted by atomic mass is 16.3. The summed E-state index contributed by atoms with van der Waals surface area (Å²) in [7, 11) is 0. The largest absolute Gasteiger partial charge is 0.399 e. The lowest BCUT2D eigenvalue weighted by atomic mass is 10.1. The summed E-state index contributed by atoms with van der Waals surface area (Å²) in [4.78, 5) is 11.2. The lowest BCUT2D eigenvalue weighted by Gasteiger charge is -2.09. The van der Waals surface area contributed by atoms with Crippen molar-refractivity contribution in [3.63, 3.8) is 0 Å².